The van der Waals surface area contributed by atoms with Crippen LogP contribution in [-0.2, 0) is 4.79 Å². The lowest BCUT2D eigenvalue weighted by molar-refractivity contribution is -0.141. The van der Waals surface area contributed by atoms with Crippen LogP contribution in [-0.4, -0.2) is 47.9 Å². The largest absolute Gasteiger partial charge is 0.337 e. The molecule has 2 aliphatic heterocycles. The Labute approximate surface area is 79.7 Å². The predicted molar refractivity (Wildman–Crippen MR) is 51.4 cm³/mol. The van der Waals surface area contributed by atoms with Crippen molar-refractivity contribution in [2.75, 3.05) is 20.1 Å². The molecule has 0 spiro atoms. The van der Waals surface area contributed by atoms with Gasteiger partial charge in [-0.2, -0.15) is 0 Å². The summed E-state index contributed by atoms with van der Waals surface area (Å²) in [4.78, 5) is 16.1. The average molecular weight is 182 g/mol. The third-order valence-electron chi connectivity index (χ3n) is 3.42. The van der Waals surface area contributed by atoms with E-state index >= 15 is 0 Å². The third-order valence-corrected chi connectivity index (χ3v) is 3.42. The number of nitrogens with zero attached hydrogens (tertiary/aromatic N) is 2. The molecular formula is C10H18N2O. The number of hydrogen-bond donors (Lipinski definition) is 0. The lowest BCUT2D eigenvalue weighted by Gasteiger charge is -2.39. The van der Waals surface area contributed by atoms with Gasteiger partial charge in [0.25, 0.3) is 0 Å². The Kier molecular flexibility index (Phi) is 2.06. The Bertz CT molecular complexity index is 229. The van der Waals surface area contributed by atoms with Gasteiger partial charge in [-0.3, -0.25) is 9.69 Å². The Morgan fingerprint density at radius 3 is 2.69 bits per heavy atom. The topological polar surface area (TPSA) is 23.6 Å². The molecule has 0 saturated carbocycles. The first kappa shape index (κ1) is 9.00. The molecule has 2 heterocycles. The standard InChI is InChI=1S/C10H18N2O/c1-7-4-9-6-11(3)8(2)10(13)12(9)5-7/h7-9H,4-6H2,1-3H3. The molecule has 0 bridgehead atoms. The molecule has 2 aliphatic rings. The molecule has 74 valence electrons. The molecule has 13 heavy (non-hydrogen) atoms. The monoisotopic (exact) mass is 182 g/mol. The van der Waals surface area contributed by atoms with E-state index in [0.29, 0.717) is 17.9 Å². The van der Waals surface area contributed by atoms with E-state index in [9.17, 15) is 4.79 Å². The first-order valence-electron chi connectivity index (χ1n) is 5.10. The van der Waals surface area contributed by atoms with E-state index in [4.69, 9.17) is 0 Å². The molecule has 2 saturated heterocycles. The second kappa shape index (κ2) is 2.98. The molecular weight excluding hydrogens is 164 g/mol. The molecule has 0 aliphatic carbocycles. The summed E-state index contributed by atoms with van der Waals surface area (Å²) in [5, 5.41) is 0. The van der Waals surface area contributed by atoms with Gasteiger partial charge in [0, 0.05) is 19.1 Å². The first-order chi connectivity index (χ1) is 6.09. The zero-order valence-electron chi connectivity index (χ0n) is 8.66. The van der Waals surface area contributed by atoms with E-state index in [-0.39, 0.29) is 6.04 Å². The van der Waals surface area contributed by atoms with Crippen LogP contribution in [0, 0.1) is 5.92 Å². The quantitative estimate of drug-likeness (QED) is 0.546. The van der Waals surface area contributed by atoms with Gasteiger partial charge in [-0.1, -0.05) is 6.92 Å². The maximum Gasteiger partial charge on any atom is 0.239 e. The van der Waals surface area contributed by atoms with E-state index < -0.39 is 0 Å². The van der Waals surface area contributed by atoms with Crippen LogP contribution >= 0.6 is 0 Å². The Morgan fingerprint density at radius 2 is 2.00 bits per heavy atom. The Morgan fingerprint density at radius 1 is 1.31 bits per heavy atom. The zero-order valence-corrected chi connectivity index (χ0v) is 8.66. The van der Waals surface area contributed by atoms with Crippen LogP contribution in [0.15, 0.2) is 0 Å². The molecule has 0 aromatic heterocycles. The third kappa shape index (κ3) is 1.35. The van der Waals surface area contributed by atoms with Crippen molar-refractivity contribution in [3.05, 3.63) is 0 Å². The van der Waals surface area contributed by atoms with E-state index in [1.165, 1.54) is 6.42 Å². The minimum absolute atomic E-state index is 0.0848. The SMILES string of the molecule is CC1CC2CN(C)C(C)C(=O)N2C1. The number of rotatable bonds is 0. The Balaban J connectivity index is 2.15. The number of carbonyl (C=O) groups excluding carboxylic acids is 1. The molecule has 0 radical (unpaired) electrons. The van der Waals surface area contributed by atoms with Crippen molar-refractivity contribution < 1.29 is 4.79 Å². The highest BCUT2D eigenvalue weighted by molar-refractivity contribution is 5.82. The summed E-state index contributed by atoms with van der Waals surface area (Å²) in [5.41, 5.74) is 0. The molecule has 0 aromatic rings. The molecule has 3 atom stereocenters. The van der Waals surface area contributed by atoms with Crippen LogP contribution in [0.2, 0.25) is 0 Å². The number of likely N-dealkylation sites (N-methyl/N-ethyl adjacent to an activating group) is 1. The van der Waals surface area contributed by atoms with Crippen molar-refractivity contribution in [2.24, 2.45) is 5.92 Å². The van der Waals surface area contributed by atoms with Gasteiger partial charge >= 0.3 is 0 Å². The van der Waals surface area contributed by atoms with Crippen LogP contribution in [0.3, 0.4) is 0 Å². The fourth-order valence-corrected chi connectivity index (χ4v) is 2.51. The molecule has 2 rings (SSSR count). The summed E-state index contributed by atoms with van der Waals surface area (Å²) >= 11 is 0. The smallest absolute Gasteiger partial charge is 0.239 e. The lowest BCUT2D eigenvalue weighted by Crippen LogP contribution is -2.57. The summed E-state index contributed by atoms with van der Waals surface area (Å²) < 4.78 is 0. The lowest BCUT2D eigenvalue weighted by atomic mass is 10.1. The van der Waals surface area contributed by atoms with Crippen molar-refractivity contribution in [1.29, 1.82) is 0 Å². The van der Waals surface area contributed by atoms with Crippen LogP contribution in [0.4, 0.5) is 0 Å². The van der Waals surface area contributed by atoms with Gasteiger partial charge in [-0.15, -0.1) is 0 Å². The maximum absolute atomic E-state index is 11.8. The fraction of sp³-hybridized carbons (Fsp3) is 0.900. The van der Waals surface area contributed by atoms with Gasteiger partial charge in [0.2, 0.25) is 5.91 Å². The Hall–Kier alpha value is -0.570. The number of amides is 1. The van der Waals surface area contributed by atoms with Crippen molar-refractivity contribution in [3.8, 4) is 0 Å². The number of piperazine rings is 1. The highest BCUT2D eigenvalue weighted by Crippen LogP contribution is 2.28. The first-order valence-corrected chi connectivity index (χ1v) is 5.10. The minimum Gasteiger partial charge on any atom is -0.337 e. The highest BCUT2D eigenvalue weighted by atomic mass is 16.2. The highest BCUT2D eigenvalue weighted by Gasteiger charge is 2.40. The molecule has 1 amide bonds. The van der Waals surface area contributed by atoms with Crippen LogP contribution < -0.4 is 0 Å². The number of hydrogen-bond acceptors (Lipinski definition) is 2. The summed E-state index contributed by atoms with van der Waals surface area (Å²) in [7, 11) is 2.04. The molecule has 2 fully saturated rings. The molecule has 0 N–H and O–H groups in total. The molecule has 3 unspecified atom stereocenters. The van der Waals surface area contributed by atoms with Gasteiger partial charge < -0.3 is 4.90 Å². The van der Waals surface area contributed by atoms with Crippen LogP contribution in [0.1, 0.15) is 20.3 Å². The fourth-order valence-electron chi connectivity index (χ4n) is 2.51. The zero-order chi connectivity index (χ0) is 9.59. The minimum atomic E-state index is 0.0848. The predicted octanol–water partition coefficient (Wildman–Crippen LogP) is 0.557. The van der Waals surface area contributed by atoms with E-state index in [0.717, 1.165) is 13.1 Å². The van der Waals surface area contributed by atoms with Crippen LogP contribution in [0.25, 0.3) is 0 Å². The molecule has 0 aromatic carbocycles. The van der Waals surface area contributed by atoms with Gasteiger partial charge in [-0.05, 0) is 26.3 Å². The van der Waals surface area contributed by atoms with E-state index in [1.54, 1.807) is 0 Å². The summed E-state index contributed by atoms with van der Waals surface area (Å²) in [6, 6.07) is 0.574. The maximum atomic E-state index is 11.8. The van der Waals surface area contributed by atoms with Gasteiger partial charge in [0.05, 0.1) is 6.04 Å². The average Bonchev–Trinajstić information content (AvgIpc) is 2.42. The molecule has 3 heteroatoms. The number of carbonyl (C=O) groups is 1. The van der Waals surface area contributed by atoms with Gasteiger partial charge in [0.1, 0.15) is 0 Å². The molecule has 3 nitrogen and oxygen atoms in total. The van der Waals surface area contributed by atoms with Crippen molar-refractivity contribution in [1.82, 2.24) is 9.80 Å². The van der Waals surface area contributed by atoms with E-state index in [2.05, 4.69) is 16.7 Å². The van der Waals surface area contributed by atoms with Crippen LogP contribution in [0.5, 0.6) is 0 Å². The summed E-state index contributed by atoms with van der Waals surface area (Å²) in [6.07, 6.45) is 1.18. The van der Waals surface area contributed by atoms with Gasteiger partial charge in [-0.25, -0.2) is 0 Å². The van der Waals surface area contributed by atoms with Crippen molar-refractivity contribution >= 4 is 5.91 Å². The second-order valence-corrected chi connectivity index (χ2v) is 4.60. The summed E-state index contributed by atoms with van der Waals surface area (Å²) in [6.45, 7) is 6.26. The number of fused-ring (bicyclic) bond motifs is 1. The van der Waals surface area contributed by atoms with Gasteiger partial charge in [0.15, 0.2) is 0 Å². The van der Waals surface area contributed by atoms with E-state index in [1.807, 2.05) is 14.0 Å². The second-order valence-electron chi connectivity index (χ2n) is 4.60. The van der Waals surface area contributed by atoms with Crippen molar-refractivity contribution in [3.63, 3.8) is 0 Å². The van der Waals surface area contributed by atoms with Crippen molar-refractivity contribution in [2.45, 2.75) is 32.4 Å². The normalized spacial score (nSPS) is 41.0. The summed E-state index contributed by atoms with van der Waals surface area (Å²) in [5.74, 6) is 1.01.